The van der Waals surface area contributed by atoms with E-state index in [0.29, 0.717) is 11.6 Å². The lowest BCUT2D eigenvalue weighted by atomic mass is 9.78. The van der Waals surface area contributed by atoms with Gasteiger partial charge in [0.1, 0.15) is 0 Å². The normalized spacial score (nSPS) is 17.8. The van der Waals surface area contributed by atoms with E-state index >= 15 is 0 Å². The van der Waals surface area contributed by atoms with Crippen molar-refractivity contribution in [1.29, 1.82) is 0 Å². The van der Waals surface area contributed by atoms with E-state index in [9.17, 15) is 4.79 Å². The molecule has 5 heteroatoms. The summed E-state index contributed by atoms with van der Waals surface area (Å²) < 4.78 is 5.28. The number of halogens is 1. The molecule has 0 aromatic heterocycles. The Balaban J connectivity index is 2.18. The van der Waals surface area contributed by atoms with E-state index in [4.69, 9.17) is 16.3 Å². The van der Waals surface area contributed by atoms with Crippen LogP contribution in [0.5, 0.6) is 0 Å². The molecular formula is C15H21ClN2O2. The molecule has 1 aliphatic rings. The van der Waals surface area contributed by atoms with Gasteiger partial charge in [0, 0.05) is 17.8 Å². The van der Waals surface area contributed by atoms with Crippen LogP contribution in [0.3, 0.4) is 0 Å². The first-order valence-corrected chi connectivity index (χ1v) is 7.23. The van der Waals surface area contributed by atoms with Gasteiger partial charge < -0.3 is 15.4 Å². The molecule has 0 saturated carbocycles. The molecule has 0 unspecified atom stereocenters. The second kappa shape index (κ2) is 6.57. The highest BCUT2D eigenvalue weighted by Crippen LogP contribution is 2.32. The van der Waals surface area contributed by atoms with E-state index in [0.717, 1.165) is 37.2 Å². The van der Waals surface area contributed by atoms with Crippen molar-refractivity contribution in [3.63, 3.8) is 0 Å². The predicted molar refractivity (Wildman–Crippen MR) is 81.2 cm³/mol. The number of methoxy groups -OCH3 is 1. The maximum Gasteiger partial charge on any atom is 0.233 e. The average Bonchev–Trinajstić information content (AvgIpc) is 2.45. The van der Waals surface area contributed by atoms with Crippen LogP contribution in [0, 0.1) is 12.3 Å². The third-order valence-electron chi connectivity index (χ3n) is 3.98. The molecule has 1 aliphatic heterocycles. The summed E-state index contributed by atoms with van der Waals surface area (Å²) in [7, 11) is 1.64. The minimum Gasteiger partial charge on any atom is -0.384 e. The molecule has 0 spiro atoms. The van der Waals surface area contributed by atoms with Crippen molar-refractivity contribution >= 4 is 23.2 Å². The molecule has 1 fully saturated rings. The molecule has 2 rings (SSSR count). The number of hydrogen-bond acceptors (Lipinski definition) is 3. The molecule has 2 N–H and O–H groups in total. The van der Waals surface area contributed by atoms with Crippen LogP contribution in [0.1, 0.15) is 18.4 Å². The van der Waals surface area contributed by atoms with Gasteiger partial charge in [-0.2, -0.15) is 0 Å². The number of benzene rings is 1. The fraction of sp³-hybridized carbons (Fsp3) is 0.533. The van der Waals surface area contributed by atoms with Crippen molar-refractivity contribution in [3.05, 3.63) is 28.8 Å². The molecule has 0 bridgehead atoms. The van der Waals surface area contributed by atoms with Gasteiger partial charge in [-0.25, -0.2) is 0 Å². The summed E-state index contributed by atoms with van der Waals surface area (Å²) in [4.78, 5) is 12.7. The molecule has 1 aromatic rings. The van der Waals surface area contributed by atoms with Crippen LogP contribution < -0.4 is 10.6 Å². The zero-order valence-electron chi connectivity index (χ0n) is 12.0. The highest BCUT2D eigenvalue weighted by atomic mass is 35.5. The highest BCUT2D eigenvalue weighted by molar-refractivity contribution is 6.31. The summed E-state index contributed by atoms with van der Waals surface area (Å²) in [5, 5.41) is 6.96. The zero-order chi connectivity index (χ0) is 14.6. The summed E-state index contributed by atoms with van der Waals surface area (Å²) in [5.74, 6) is 0.0196. The lowest BCUT2D eigenvalue weighted by molar-refractivity contribution is -0.130. The first-order chi connectivity index (χ1) is 9.59. The summed E-state index contributed by atoms with van der Waals surface area (Å²) in [6, 6.07) is 5.54. The summed E-state index contributed by atoms with van der Waals surface area (Å²) in [5.41, 5.74) is 1.22. The number of hydrogen-bond donors (Lipinski definition) is 2. The number of piperidine rings is 1. The lowest BCUT2D eigenvalue weighted by Gasteiger charge is -2.35. The topological polar surface area (TPSA) is 50.4 Å². The molecular weight excluding hydrogens is 276 g/mol. The minimum absolute atomic E-state index is 0.0196. The van der Waals surface area contributed by atoms with Gasteiger partial charge in [-0.3, -0.25) is 4.79 Å². The van der Waals surface area contributed by atoms with Crippen LogP contribution in [-0.2, 0) is 9.53 Å². The predicted octanol–water partition coefficient (Wildman–Crippen LogP) is 2.60. The summed E-state index contributed by atoms with van der Waals surface area (Å²) >= 11 is 6.09. The Morgan fingerprint density at radius 2 is 2.15 bits per heavy atom. The Morgan fingerprint density at radius 3 is 2.80 bits per heavy atom. The van der Waals surface area contributed by atoms with E-state index < -0.39 is 5.41 Å². The number of carbonyl (C=O) groups excluding carboxylic acids is 1. The van der Waals surface area contributed by atoms with Crippen molar-refractivity contribution in [2.75, 3.05) is 32.1 Å². The van der Waals surface area contributed by atoms with E-state index in [1.165, 1.54) is 0 Å². The molecule has 0 atom stereocenters. The maximum absolute atomic E-state index is 12.7. The maximum atomic E-state index is 12.7. The molecule has 1 saturated heterocycles. The van der Waals surface area contributed by atoms with Crippen LogP contribution >= 0.6 is 11.6 Å². The molecule has 20 heavy (non-hydrogen) atoms. The standard InChI is InChI=1S/C15H21ClN2O2/c1-11-12(16)4-3-5-13(11)18-14(19)15(10-20-2)6-8-17-9-7-15/h3-5,17H,6-10H2,1-2H3,(H,18,19). The van der Waals surface area contributed by atoms with Crippen molar-refractivity contribution < 1.29 is 9.53 Å². The second-order valence-corrected chi connectivity index (χ2v) is 5.74. The van der Waals surface area contributed by atoms with Crippen LogP contribution in [-0.4, -0.2) is 32.7 Å². The number of nitrogens with one attached hydrogen (secondary N) is 2. The lowest BCUT2D eigenvalue weighted by Crippen LogP contribution is -2.47. The molecule has 0 radical (unpaired) electrons. The molecule has 1 amide bonds. The Labute approximate surface area is 124 Å². The van der Waals surface area contributed by atoms with Crippen LogP contribution in [0.4, 0.5) is 5.69 Å². The Morgan fingerprint density at radius 1 is 1.45 bits per heavy atom. The monoisotopic (exact) mass is 296 g/mol. The number of ether oxygens (including phenoxy) is 1. The van der Waals surface area contributed by atoms with Crippen molar-refractivity contribution in [2.24, 2.45) is 5.41 Å². The molecule has 0 aliphatic carbocycles. The fourth-order valence-corrected chi connectivity index (χ4v) is 2.79. The molecule has 1 heterocycles. The number of amides is 1. The van der Waals surface area contributed by atoms with E-state index in [2.05, 4.69) is 10.6 Å². The summed E-state index contributed by atoms with van der Waals surface area (Å²) in [6.45, 7) is 4.03. The molecule has 4 nitrogen and oxygen atoms in total. The van der Waals surface area contributed by atoms with E-state index in [1.54, 1.807) is 7.11 Å². The number of carbonyl (C=O) groups is 1. The van der Waals surface area contributed by atoms with E-state index in [1.807, 2.05) is 25.1 Å². The van der Waals surface area contributed by atoms with Gasteiger partial charge in [-0.1, -0.05) is 17.7 Å². The van der Waals surface area contributed by atoms with Crippen molar-refractivity contribution in [1.82, 2.24) is 5.32 Å². The van der Waals surface area contributed by atoms with Gasteiger partial charge >= 0.3 is 0 Å². The van der Waals surface area contributed by atoms with Crippen LogP contribution in [0.15, 0.2) is 18.2 Å². The first-order valence-electron chi connectivity index (χ1n) is 6.85. The Kier molecular flexibility index (Phi) is 5.02. The van der Waals surface area contributed by atoms with Gasteiger partial charge in [0.05, 0.1) is 12.0 Å². The average molecular weight is 297 g/mol. The third kappa shape index (κ3) is 3.14. The van der Waals surface area contributed by atoms with Crippen LogP contribution in [0.25, 0.3) is 0 Å². The van der Waals surface area contributed by atoms with Crippen LogP contribution in [0.2, 0.25) is 5.02 Å². The Bertz CT molecular complexity index is 479. The number of anilines is 1. The van der Waals surface area contributed by atoms with Gasteiger partial charge in [0.2, 0.25) is 5.91 Å². The largest absolute Gasteiger partial charge is 0.384 e. The zero-order valence-corrected chi connectivity index (χ0v) is 12.7. The quantitative estimate of drug-likeness (QED) is 0.898. The van der Waals surface area contributed by atoms with Gasteiger partial charge in [0.15, 0.2) is 0 Å². The van der Waals surface area contributed by atoms with Crippen molar-refractivity contribution in [2.45, 2.75) is 19.8 Å². The highest BCUT2D eigenvalue weighted by Gasteiger charge is 2.39. The van der Waals surface area contributed by atoms with Gasteiger partial charge in [0.25, 0.3) is 0 Å². The Hall–Kier alpha value is -1.10. The number of rotatable bonds is 4. The summed E-state index contributed by atoms with van der Waals surface area (Å²) in [6.07, 6.45) is 1.57. The van der Waals surface area contributed by atoms with Gasteiger partial charge in [-0.15, -0.1) is 0 Å². The van der Waals surface area contributed by atoms with Crippen molar-refractivity contribution in [3.8, 4) is 0 Å². The molecule has 1 aromatic carbocycles. The second-order valence-electron chi connectivity index (χ2n) is 5.33. The smallest absolute Gasteiger partial charge is 0.233 e. The SMILES string of the molecule is COCC1(C(=O)Nc2cccc(Cl)c2C)CCNCC1. The van der Waals surface area contributed by atoms with Gasteiger partial charge in [-0.05, 0) is 50.6 Å². The minimum atomic E-state index is -0.450. The first kappa shape index (κ1) is 15.3. The van der Waals surface area contributed by atoms with E-state index in [-0.39, 0.29) is 5.91 Å². The molecule has 110 valence electrons. The fourth-order valence-electron chi connectivity index (χ4n) is 2.62. The third-order valence-corrected chi connectivity index (χ3v) is 4.39.